The van der Waals surface area contributed by atoms with E-state index in [0.717, 1.165) is 13.2 Å². The molecule has 0 atom stereocenters. The van der Waals surface area contributed by atoms with Crippen LogP contribution in [0.2, 0.25) is 0 Å². The number of aromatic nitrogens is 2. The van der Waals surface area contributed by atoms with E-state index >= 15 is 0 Å². The van der Waals surface area contributed by atoms with Gasteiger partial charge in [0, 0.05) is 0 Å². The van der Waals surface area contributed by atoms with Gasteiger partial charge in [0.1, 0.15) is 12.4 Å². The average molecular weight is 352 g/mol. The zero-order valence-corrected chi connectivity index (χ0v) is 17.1. The predicted molar refractivity (Wildman–Crippen MR) is 107 cm³/mol. The Kier molecular flexibility index (Phi) is 14.8. The van der Waals surface area contributed by atoms with Crippen LogP contribution in [0.1, 0.15) is 104 Å². The standard InChI is InChI=1S/C22H43N2O/c1-3-5-7-9-11-12-13-15-17-23-18-19-24(21-23)22-25-20-16-14-10-8-6-4-2/h18-19,21H,3-17,20,22H2,1-2H3/q+1. The molecule has 3 nitrogen and oxygen atoms in total. The zero-order valence-electron chi connectivity index (χ0n) is 17.1. The normalized spacial score (nSPS) is 11.3. The van der Waals surface area contributed by atoms with Crippen molar-refractivity contribution in [3.05, 3.63) is 18.7 Å². The van der Waals surface area contributed by atoms with E-state index < -0.39 is 0 Å². The van der Waals surface area contributed by atoms with E-state index in [0.29, 0.717) is 6.73 Å². The molecule has 0 saturated heterocycles. The van der Waals surface area contributed by atoms with E-state index in [1.165, 1.54) is 89.9 Å². The van der Waals surface area contributed by atoms with Crippen LogP contribution < -0.4 is 4.57 Å². The molecule has 1 heterocycles. The summed E-state index contributed by atoms with van der Waals surface area (Å²) < 4.78 is 10.2. The highest BCUT2D eigenvalue weighted by molar-refractivity contribution is 4.65. The number of unbranched alkanes of at least 4 members (excludes halogenated alkanes) is 12. The summed E-state index contributed by atoms with van der Waals surface area (Å²) in [6.45, 7) is 7.27. The lowest BCUT2D eigenvalue weighted by Crippen LogP contribution is -2.32. The molecule has 25 heavy (non-hydrogen) atoms. The van der Waals surface area contributed by atoms with Gasteiger partial charge in [0.25, 0.3) is 0 Å². The topological polar surface area (TPSA) is 18.0 Å². The molecule has 0 N–H and O–H groups in total. The Hall–Kier alpha value is -0.830. The van der Waals surface area contributed by atoms with Gasteiger partial charge >= 0.3 is 0 Å². The molecule has 0 radical (unpaired) electrons. The molecule has 0 aliphatic rings. The van der Waals surface area contributed by atoms with E-state index in [-0.39, 0.29) is 0 Å². The molecule has 0 saturated carbocycles. The summed E-state index contributed by atoms with van der Waals surface area (Å²) in [7, 11) is 0. The van der Waals surface area contributed by atoms with Crippen molar-refractivity contribution in [2.24, 2.45) is 0 Å². The third-order valence-corrected chi connectivity index (χ3v) is 4.90. The van der Waals surface area contributed by atoms with Gasteiger partial charge in [-0.2, -0.15) is 0 Å². The molecule has 0 bridgehead atoms. The number of aryl methyl sites for hydroxylation is 1. The molecule has 0 spiro atoms. The van der Waals surface area contributed by atoms with Crippen LogP contribution in [0.5, 0.6) is 0 Å². The Morgan fingerprint density at radius 1 is 0.720 bits per heavy atom. The van der Waals surface area contributed by atoms with Gasteiger partial charge in [-0.15, -0.1) is 0 Å². The van der Waals surface area contributed by atoms with E-state index in [2.05, 4.69) is 41.7 Å². The lowest BCUT2D eigenvalue weighted by molar-refractivity contribution is -0.732. The highest BCUT2D eigenvalue weighted by Gasteiger charge is 2.03. The van der Waals surface area contributed by atoms with E-state index in [4.69, 9.17) is 4.74 Å². The smallest absolute Gasteiger partial charge is 0.245 e. The molecule has 1 aromatic rings. The predicted octanol–water partition coefficient (Wildman–Crippen LogP) is 6.25. The van der Waals surface area contributed by atoms with Crippen molar-refractivity contribution in [3.63, 3.8) is 0 Å². The lowest BCUT2D eigenvalue weighted by Gasteiger charge is -2.02. The number of rotatable bonds is 18. The van der Waals surface area contributed by atoms with Crippen LogP contribution in [0.15, 0.2) is 18.7 Å². The molecule has 0 aromatic carbocycles. The van der Waals surface area contributed by atoms with Crippen molar-refractivity contribution in [2.45, 2.75) is 117 Å². The first-order valence-corrected chi connectivity index (χ1v) is 11.0. The van der Waals surface area contributed by atoms with Crippen LogP contribution in [0, 0.1) is 0 Å². The number of imidazole rings is 1. The molecular formula is C22H43N2O+. The van der Waals surface area contributed by atoms with E-state index in [9.17, 15) is 0 Å². The van der Waals surface area contributed by atoms with Crippen molar-refractivity contribution in [1.29, 1.82) is 0 Å². The third-order valence-electron chi connectivity index (χ3n) is 4.90. The number of nitrogens with zero attached hydrogens (tertiary/aromatic N) is 2. The number of ether oxygens (including phenoxy) is 1. The lowest BCUT2D eigenvalue weighted by atomic mass is 10.1. The van der Waals surface area contributed by atoms with Crippen molar-refractivity contribution < 1.29 is 9.30 Å². The van der Waals surface area contributed by atoms with E-state index in [1.54, 1.807) is 0 Å². The molecule has 146 valence electrons. The van der Waals surface area contributed by atoms with Gasteiger partial charge in [0.2, 0.25) is 6.33 Å². The van der Waals surface area contributed by atoms with Crippen molar-refractivity contribution in [3.8, 4) is 0 Å². The van der Waals surface area contributed by atoms with Gasteiger partial charge < -0.3 is 4.74 Å². The fourth-order valence-corrected chi connectivity index (χ4v) is 3.23. The van der Waals surface area contributed by atoms with Crippen LogP contribution in [-0.4, -0.2) is 11.2 Å². The van der Waals surface area contributed by atoms with Gasteiger partial charge in [0.05, 0.1) is 13.2 Å². The second-order valence-electron chi connectivity index (χ2n) is 7.45. The highest BCUT2D eigenvalue weighted by Crippen LogP contribution is 2.09. The maximum atomic E-state index is 5.78. The van der Waals surface area contributed by atoms with Gasteiger partial charge in [-0.05, 0) is 19.3 Å². The van der Waals surface area contributed by atoms with E-state index in [1.807, 2.05) is 0 Å². The number of hydrogen-bond donors (Lipinski definition) is 0. The molecule has 3 heteroatoms. The summed E-state index contributed by atoms with van der Waals surface area (Å²) in [5, 5.41) is 0. The monoisotopic (exact) mass is 351 g/mol. The first kappa shape index (κ1) is 22.2. The zero-order chi connectivity index (χ0) is 18.0. The van der Waals surface area contributed by atoms with Crippen LogP contribution in [0.25, 0.3) is 0 Å². The minimum atomic E-state index is 0.694. The van der Waals surface area contributed by atoms with Crippen LogP contribution in [-0.2, 0) is 18.0 Å². The molecule has 0 fully saturated rings. The maximum Gasteiger partial charge on any atom is 0.245 e. The Morgan fingerprint density at radius 2 is 1.28 bits per heavy atom. The SMILES string of the molecule is CCCCCCCCCCn1cc[n+](COCCCCCCCC)c1. The molecular weight excluding hydrogens is 308 g/mol. The Morgan fingerprint density at radius 3 is 1.92 bits per heavy atom. The molecule has 1 rings (SSSR count). The van der Waals surface area contributed by atoms with Gasteiger partial charge in [-0.25, -0.2) is 9.13 Å². The summed E-state index contributed by atoms with van der Waals surface area (Å²) in [5.41, 5.74) is 0. The first-order chi connectivity index (χ1) is 12.4. The summed E-state index contributed by atoms with van der Waals surface area (Å²) in [6, 6.07) is 0. The number of hydrogen-bond acceptors (Lipinski definition) is 1. The summed E-state index contributed by atoms with van der Waals surface area (Å²) in [6.07, 6.45) is 25.5. The van der Waals surface area contributed by atoms with Crippen LogP contribution in [0.3, 0.4) is 0 Å². The molecule has 0 aliphatic carbocycles. The second kappa shape index (κ2) is 16.6. The molecule has 0 aliphatic heterocycles. The van der Waals surface area contributed by atoms with Gasteiger partial charge in [0.15, 0.2) is 6.73 Å². The van der Waals surface area contributed by atoms with Gasteiger partial charge in [-0.1, -0.05) is 84.5 Å². The minimum absolute atomic E-state index is 0.694. The fourth-order valence-electron chi connectivity index (χ4n) is 3.23. The first-order valence-electron chi connectivity index (χ1n) is 11.0. The Labute approximate surface area is 156 Å². The largest absolute Gasteiger partial charge is 0.342 e. The Balaban J connectivity index is 1.93. The fraction of sp³-hybridized carbons (Fsp3) is 0.864. The average Bonchev–Trinajstić information content (AvgIpc) is 3.07. The summed E-state index contributed by atoms with van der Waals surface area (Å²) in [4.78, 5) is 0. The quantitative estimate of drug-likeness (QED) is 0.226. The molecule has 0 unspecified atom stereocenters. The van der Waals surface area contributed by atoms with Gasteiger partial charge in [-0.3, -0.25) is 0 Å². The molecule has 0 amide bonds. The van der Waals surface area contributed by atoms with Crippen LogP contribution in [0.4, 0.5) is 0 Å². The Bertz CT molecular complexity index is 355. The highest BCUT2D eigenvalue weighted by atomic mass is 16.5. The second-order valence-corrected chi connectivity index (χ2v) is 7.45. The van der Waals surface area contributed by atoms with Crippen LogP contribution >= 0.6 is 0 Å². The molecule has 1 aromatic heterocycles. The van der Waals surface area contributed by atoms with Crippen molar-refractivity contribution in [1.82, 2.24) is 4.57 Å². The summed E-state index contributed by atoms with van der Waals surface area (Å²) >= 11 is 0. The van der Waals surface area contributed by atoms with Crippen molar-refractivity contribution >= 4 is 0 Å². The van der Waals surface area contributed by atoms with Crippen molar-refractivity contribution in [2.75, 3.05) is 6.61 Å². The summed E-state index contributed by atoms with van der Waals surface area (Å²) in [5.74, 6) is 0. The minimum Gasteiger partial charge on any atom is -0.342 e. The third kappa shape index (κ3) is 13.1. The maximum absolute atomic E-state index is 5.78.